The van der Waals surface area contributed by atoms with E-state index in [1.54, 1.807) is 29.8 Å². The Kier molecular flexibility index (Phi) is 5.26. The van der Waals surface area contributed by atoms with Crippen molar-refractivity contribution in [3.05, 3.63) is 74.5 Å². The fraction of sp³-hybridized carbons (Fsp3) is 0.375. The lowest BCUT2D eigenvalue weighted by Crippen LogP contribution is -2.30. The molecule has 0 atom stereocenters. The van der Waals surface area contributed by atoms with Gasteiger partial charge in [0.25, 0.3) is 5.91 Å². The number of nitrogens with zero attached hydrogens (tertiary/aromatic N) is 2. The minimum atomic E-state index is -0.0176. The standard InChI is InChI=1S/C24H26N2O2S/c1-4-26(15-16-6-5-11-25-14-16)23(28)17-7-8-18-20(12-17)29-21-13-24(2,3)10-9-19(21)22(18)27/h5-8,11-12,14H,4,9-10,13,15H2,1-3H3. The highest BCUT2D eigenvalue weighted by atomic mass is 32.1. The van der Waals surface area contributed by atoms with Crippen molar-refractivity contribution in [3.63, 3.8) is 0 Å². The van der Waals surface area contributed by atoms with Gasteiger partial charge in [-0.05, 0) is 61.4 Å². The van der Waals surface area contributed by atoms with E-state index in [1.165, 1.54) is 4.88 Å². The van der Waals surface area contributed by atoms with Gasteiger partial charge in [-0.15, -0.1) is 11.3 Å². The number of amides is 1. The number of carbonyl (C=O) groups is 1. The molecular formula is C24H26N2O2S. The predicted octanol–water partition coefficient (Wildman–Crippen LogP) is 4.83. The molecule has 150 valence electrons. The molecule has 1 amide bonds. The van der Waals surface area contributed by atoms with Gasteiger partial charge in [-0.25, -0.2) is 0 Å². The monoisotopic (exact) mass is 406 g/mol. The lowest BCUT2D eigenvalue weighted by atomic mass is 9.77. The number of hydrogen-bond donors (Lipinski definition) is 0. The zero-order valence-electron chi connectivity index (χ0n) is 17.2. The topological polar surface area (TPSA) is 50.3 Å². The van der Waals surface area contributed by atoms with Gasteiger partial charge in [0.15, 0.2) is 5.43 Å². The van der Waals surface area contributed by atoms with Crippen molar-refractivity contribution in [1.82, 2.24) is 9.88 Å². The van der Waals surface area contributed by atoms with E-state index < -0.39 is 0 Å². The van der Waals surface area contributed by atoms with Crippen molar-refractivity contribution in [2.24, 2.45) is 5.41 Å². The van der Waals surface area contributed by atoms with Crippen LogP contribution in [-0.4, -0.2) is 22.3 Å². The summed E-state index contributed by atoms with van der Waals surface area (Å²) in [7, 11) is 0. The molecule has 2 heterocycles. The van der Waals surface area contributed by atoms with Crippen LogP contribution in [0.2, 0.25) is 0 Å². The van der Waals surface area contributed by atoms with Crippen LogP contribution in [-0.2, 0) is 19.4 Å². The van der Waals surface area contributed by atoms with E-state index in [9.17, 15) is 9.59 Å². The first kappa shape index (κ1) is 19.8. The van der Waals surface area contributed by atoms with E-state index in [-0.39, 0.29) is 16.8 Å². The summed E-state index contributed by atoms with van der Waals surface area (Å²) in [5.41, 5.74) is 2.98. The van der Waals surface area contributed by atoms with E-state index in [2.05, 4.69) is 18.8 Å². The lowest BCUT2D eigenvalue weighted by Gasteiger charge is -2.30. The molecule has 0 spiro atoms. The number of fused-ring (bicyclic) bond motifs is 2. The first-order valence-electron chi connectivity index (χ1n) is 10.1. The van der Waals surface area contributed by atoms with Crippen LogP contribution in [0, 0.1) is 5.41 Å². The molecule has 0 N–H and O–H groups in total. The average Bonchev–Trinajstić information content (AvgIpc) is 2.71. The normalized spacial score (nSPS) is 15.1. The molecule has 2 aromatic heterocycles. The van der Waals surface area contributed by atoms with Gasteiger partial charge in [0.1, 0.15) is 0 Å². The second kappa shape index (κ2) is 7.71. The summed E-state index contributed by atoms with van der Waals surface area (Å²) >= 11 is 1.68. The zero-order chi connectivity index (χ0) is 20.6. The highest BCUT2D eigenvalue weighted by Gasteiger charge is 2.28. The number of pyridine rings is 1. The van der Waals surface area contributed by atoms with Crippen LogP contribution < -0.4 is 5.43 Å². The molecule has 1 aliphatic carbocycles. The maximum Gasteiger partial charge on any atom is 0.254 e. The van der Waals surface area contributed by atoms with Gasteiger partial charge < -0.3 is 4.90 Å². The number of rotatable bonds is 4. The Labute approximate surface area is 175 Å². The molecule has 0 fully saturated rings. The van der Waals surface area contributed by atoms with Crippen molar-refractivity contribution in [1.29, 1.82) is 0 Å². The van der Waals surface area contributed by atoms with Crippen molar-refractivity contribution < 1.29 is 4.79 Å². The third-order valence-corrected chi connectivity index (χ3v) is 6.97. The maximum absolute atomic E-state index is 13.1. The van der Waals surface area contributed by atoms with Gasteiger partial charge >= 0.3 is 0 Å². The molecule has 0 unspecified atom stereocenters. The Morgan fingerprint density at radius 1 is 1.28 bits per heavy atom. The van der Waals surface area contributed by atoms with Gasteiger partial charge in [0.2, 0.25) is 0 Å². The molecule has 0 bridgehead atoms. The van der Waals surface area contributed by atoms with Crippen molar-refractivity contribution in [2.45, 2.75) is 46.6 Å². The highest BCUT2D eigenvalue weighted by molar-refractivity contribution is 7.18. The summed E-state index contributed by atoms with van der Waals surface area (Å²) in [6.45, 7) is 7.63. The smallest absolute Gasteiger partial charge is 0.254 e. The van der Waals surface area contributed by atoms with E-state index in [1.807, 2.05) is 36.1 Å². The summed E-state index contributed by atoms with van der Waals surface area (Å²) in [5, 5.41) is 0.736. The van der Waals surface area contributed by atoms with E-state index in [4.69, 9.17) is 0 Å². The summed E-state index contributed by atoms with van der Waals surface area (Å²) < 4.78 is 0.912. The largest absolute Gasteiger partial charge is 0.335 e. The Bertz CT molecular complexity index is 1120. The molecule has 0 saturated heterocycles. The molecule has 4 rings (SSSR count). The molecule has 5 heteroatoms. The number of aromatic nitrogens is 1. The fourth-order valence-corrected chi connectivity index (χ4v) is 5.52. The van der Waals surface area contributed by atoms with Crippen molar-refractivity contribution >= 4 is 27.3 Å². The summed E-state index contributed by atoms with van der Waals surface area (Å²) in [4.78, 5) is 33.3. The van der Waals surface area contributed by atoms with E-state index in [0.717, 1.165) is 40.5 Å². The second-order valence-corrected chi connectivity index (χ2v) is 9.70. The van der Waals surface area contributed by atoms with E-state index >= 15 is 0 Å². The van der Waals surface area contributed by atoms with Crippen molar-refractivity contribution in [3.8, 4) is 0 Å². The average molecular weight is 407 g/mol. The summed E-state index contributed by atoms with van der Waals surface area (Å²) in [6, 6.07) is 9.38. The fourth-order valence-electron chi connectivity index (χ4n) is 4.01. The number of hydrogen-bond acceptors (Lipinski definition) is 4. The summed E-state index contributed by atoms with van der Waals surface area (Å²) in [6.07, 6.45) is 6.34. The highest BCUT2D eigenvalue weighted by Crippen LogP contribution is 2.37. The number of carbonyl (C=O) groups excluding carboxylic acids is 1. The molecule has 1 aliphatic rings. The maximum atomic E-state index is 13.1. The summed E-state index contributed by atoms with van der Waals surface area (Å²) in [5.74, 6) is -0.0176. The van der Waals surface area contributed by atoms with Gasteiger partial charge in [-0.2, -0.15) is 0 Å². The van der Waals surface area contributed by atoms with E-state index in [0.29, 0.717) is 18.7 Å². The quantitative estimate of drug-likeness (QED) is 0.623. The third kappa shape index (κ3) is 3.97. The molecule has 3 aromatic rings. The van der Waals surface area contributed by atoms with Gasteiger partial charge in [-0.3, -0.25) is 14.6 Å². The zero-order valence-corrected chi connectivity index (χ0v) is 18.0. The van der Waals surface area contributed by atoms with Crippen LogP contribution >= 0.6 is 11.3 Å². The SMILES string of the molecule is CCN(Cc1cccnc1)C(=O)c1ccc2c(=O)c3c(sc2c1)CC(C)(C)CC3. The van der Waals surface area contributed by atoms with Crippen molar-refractivity contribution in [2.75, 3.05) is 6.54 Å². The molecule has 0 saturated carbocycles. The van der Waals surface area contributed by atoms with Gasteiger partial charge in [-0.1, -0.05) is 19.9 Å². The minimum Gasteiger partial charge on any atom is -0.335 e. The molecule has 1 aromatic carbocycles. The van der Waals surface area contributed by atoms with Gasteiger partial charge in [0, 0.05) is 51.6 Å². The molecule has 4 nitrogen and oxygen atoms in total. The molecular weight excluding hydrogens is 380 g/mol. The predicted molar refractivity (Wildman–Crippen MR) is 119 cm³/mol. The number of benzene rings is 1. The third-order valence-electron chi connectivity index (χ3n) is 5.77. The Morgan fingerprint density at radius 3 is 2.83 bits per heavy atom. The Morgan fingerprint density at radius 2 is 2.10 bits per heavy atom. The second-order valence-electron chi connectivity index (χ2n) is 8.57. The molecule has 0 radical (unpaired) electrons. The molecule has 29 heavy (non-hydrogen) atoms. The first-order chi connectivity index (χ1) is 13.9. The minimum absolute atomic E-state index is 0.0176. The van der Waals surface area contributed by atoms with Crippen LogP contribution in [0.3, 0.4) is 0 Å². The lowest BCUT2D eigenvalue weighted by molar-refractivity contribution is 0.0752. The van der Waals surface area contributed by atoms with Crippen LogP contribution in [0.4, 0.5) is 0 Å². The van der Waals surface area contributed by atoms with Crippen LogP contribution in [0.15, 0.2) is 47.5 Å². The first-order valence-corrected chi connectivity index (χ1v) is 11.0. The van der Waals surface area contributed by atoms with Gasteiger partial charge in [0.05, 0.1) is 0 Å². The molecule has 0 aliphatic heterocycles. The van der Waals surface area contributed by atoms with Crippen LogP contribution in [0.25, 0.3) is 10.1 Å². The van der Waals surface area contributed by atoms with Crippen LogP contribution in [0.1, 0.15) is 53.6 Å². The Balaban J connectivity index is 1.69. The van der Waals surface area contributed by atoms with Crippen LogP contribution in [0.5, 0.6) is 0 Å². The Hall–Kier alpha value is -2.53.